The highest BCUT2D eigenvalue weighted by Gasteiger charge is 2.40. The molecule has 1 radical (unpaired) electrons. The minimum absolute atomic E-state index is 0.658. The predicted molar refractivity (Wildman–Crippen MR) is 184 cm³/mol. The molecule has 2 nitrogen and oxygen atoms in total. The van der Waals surface area contributed by atoms with E-state index in [0.29, 0.717) is 0 Å². The quantitative estimate of drug-likeness (QED) is 0.0849. The third-order valence-electron chi connectivity index (χ3n) is 8.37. The van der Waals surface area contributed by atoms with Gasteiger partial charge in [0.2, 0.25) is 0 Å². The first-order chi connectivity index (χ1) is 20.2. The van der Waals surface area contributed by atoms with E-state index in [1.165, 1.54) is 37.8 Å². The highest BCUT2D eigenvalue weighted by molar-refractivity contribution is 7.79. The van der Waals surface area contributed by atoms with Gasteiger partial charge in [-0.05, 0) is 81.9 Å². The van der Waals surface area contributed by atoms with Crippen LogP contribution in [0.15, 0.2) is 133 Å². The van der Waals surface area contributed by atoms with Crippen molar-refractivity contribution in [2.45, 2.75) is 38.9 Å². The summed E-state index contributed by atoms with van der Waals surface area (Å²) in [5.74, 6) is 0. The lowest BCUT2D eigenvalue weighted by atomic mass is 9.75. The first-order valence-electron chi connectivity index (χ1n) is 14.4. The molecule has 6 aromatic carbocycles. The number of benzene rings is 6. The second-order valence-corrected chi connectivity index (χ2v) is 14.0. The van der Waals surface area contributed by atoms with E-state index in [4.69, 9.17) is 9.76 Å². The van der Waals surface area contributed by atoms with Gasteiger partial charge in [-0.1, -0.05) is 127 Å². The molecular formula is C38H36BO2P+. The van der Waals surface area contributed by atoms with E-state index in [9.17, 15) is 0 Å². The third-order valence-corrected chi connectivity index (χ3v) is 10.8. The van der Waals surface area contributed by atoms with E-state index < -0.39 is 19.1 Å². The molecule has 0 atom stereocenters. The van der Waals surface area contributed by atoms with Gasteiger partial charge in [0.25, 0.3) is 0 Å². The van der Waals surface area contributed by atoms with Gasteiger partial charge in [-0.25, -0.2) is 0 Å². The Bertz CT molecular complexity index is 1750. The molecule has 0 heterocycles. The van der Waals surface area contributed by atoms with E-state index in [0.717, 1.165) is 16.2 Å². The number of rotatable bonds is 8. The van der Waals surface area contributed by atoms with Gasteiger partial charge in [0.15, 0.2) is 5.60 Å². The van der Waals surface area contributed by atoms with E-state index in [2.05, 4.69) is 133 Å². The molecule has 42 heavy (non-hydrogen) atoms. The first kappa shape index (κ1) is 28.4. The average Bonchev–Trinajstić information content (AvgIpc) is 3.00. The molecule has 0 saturated heterocycles. The van der Waals surface area contributed by atoms with Crippen molar-refractivity contribution in [1.82, 2.24) is 0 Å². The lowest BCUT2D eigenvalue weighted by Crippen LogP contribution is -2.49. The molecule has 0 fully saturated rings. The van der Waals surface area contributed by atoms with Gasteiger partial charge in [0.05, 0.1) is 0 Å². The number of hydrogen-bond acceptors (Lipinski definition) is 1. The Morgan fingerprint density at radius 1 is 0.548 bits per heavy atom. The van der Waals surface area contributed by atoms with Crippen LogP contribution in [0.3, 0.4) is 0 Å². The Labute approximate surface area is 251 Å². The summed E-state index contributed by atoms with van der Waals surface area (Å²) >= 11 is 0. The van der Waals surface area contributed by atoms with Crippen LogP contribution in [0.5, 0.6) is 0 Å². The maximum atomic E-state index is 8.61. The summed E-state index contributed by atoms with van der Waals surface area (Å²) in [6.07, 6.45) is 0. The van der Waals surface area contributed by atoms with Gasteiger partial charge in [0.1, 0.15) is 5.60 Å². The summed E-state index contributed by atoms with van der Waals surface area (Å²) in [6.45, 7) is 7.76. The summed E-state index contributed by atoms with van der Waals surface area (Å²) in [6, 6.07) is 48.1. The second kappa shape index (κ2) is 11.5. The molecule has 207 valence electrons. The summed E-state index contributed by atoms with van der Waals surface area (Å²) in [7, 11) is 1.16. The molecule has 0 spiro atoms. The lowest BCUT2D eigenvalue weighted by Gasteiger charge is -2.34. The molecule has 0 aliphatic rings. The summed E-state index contributed by atoms with van der Waals surface area (Å²) in [5.41, 5.74) is 2.07. The van der Waals surface area contributed by atoms with Crippen molar-refractivity contribution >= 4 is 58.3 Å². The second-order valence-electron chi connectivity index (χ2n) is 11.8. The van der Waals surface area contributed by atoms with Crippen LogP contribution in [0.4, 0.5) is 0 Å². The van der Waals surface area contributed by atoms with Crippen molar-refractivity contribution in [3.8, 4) is 11.1 Å². The van der Waals surface area contributed by atoms with Gasteiger partial charge in [-0.2, -0.15) is 0 Å². The Balaban J connectivity index is 1.54. The molecule has 0 saturated carbocycles. The molecule has 0 amide bonds. The molecule has 0 unspecified atom stereocenters. The van der Waals surface area contributed by atoms with Crippen LogP contribution in [0.2, 0.25) is 0 Å². The van der Waals surface area contributed by atoms with Crippen LogP contribution >= 0.6 is 7.92 Å². The van der Waals surface area contributed by atoms with Gasteiger partial charge in [-0.3, -0.25) is 0 Å². The van der Waals surface area contributed by atoms with Gasteiger partial charge in [-0.15, -0.1) is 0 Å². The molecule has 0 aromatic heterocycles. The van der Waals surface area contributed by atoms with Gasteiger partial charge in [0, 0.05) is 13.8 Å². The minimum Gasteiger partial charge on any atom is -0.439 e. The molecule has 0 bridgehead atoms. The largest absolute Gasteiger partial charge is 0.439 e. The zero-order valence-corrected chi connectivity index (χ0v) is 25.5. The number of fused-ring (bicyclic) bond motifs is 2. The van der Waals surface area contributed by atoms with E-state index in [-0.39, 0.29) is 0 Å². The summed E-state index contributed by atoms with van der Waals surface area (Å²) < 4.78 is 6.38. The van der Waals surface area contributed by atoms with Crippen LogP contribution in [0.25, 0.3) is 32.7 Å². The predicted octanol–water partition coefficient (Wildman–Crippen LogP) is 6.96. The molecule has 6 rings (SSSR count). The monoisotopic (exact) mass is 566 g/mol. The maximum Gasteiger partial charge on any atom is 0.332 e. The summed E-state index contributed by atoms with van der Waals surface area (Å²) in [5, 5.41) is 17.3. The molecule has 0 aliphatic carbocycles. The van der Waals surface area contributed by atoms with E-state index in [1.807, 2.05) is 35.2 Å². The van der Waals surface area contributed by atoms with E-state index >= 15 is 0 Å². The fraction of sp³-hybridized carbons (Fsp3) is 0.158. The fourth-order valence-electron chi connectivity index (χ4n) is 5.36. The average molecular weight is 566 g/mol. The van der Waals surface area contributed by atoms with Crippen LogP contribution in [0.1, 0.15) is 27.7 Å². The Hall–Kier alpha value is -3.75. The number of hydrogen-bond donors (Lipinski definition) is 0. The Morgan fingerprint density at radius 3 is 1.50 bits per heavy atom. The molecule has 4 heteroatoms. The molecule has 6 aromatic rings. The smallest absolute Gasteiger partial charge is 0.332 e. The highest BCUT2D eigenvalue weighted by Crippen LogP contribution is 2.38. The fourth-order valence-corrected chi connectivity index (χ4v) is 7.69. The van der Waals surface area contributed by atoms with Crippen molar-refractivity contribution in [3.05, 3.63) is 133 Å². The molecule has 2 N–H and O–H groups in total. The third kappa shape index (κ3) is 5.41. The van der Waals surface area contributed by atoms with Crippen LogP contribution in [-0.4, -0.2) is 23.8 Å². The van der Waals surface area contributed by atoms with Crippen LogP contribution in [-0.2, 0) is 4.65 Å². The van der Waals surface area contributed by atoms with Crippen LogP contribution in [0, 0.1) is 0 Å². The standard InChI is InChI=1S/C38H35BO2P/c1-37(2,40)38(3,4)41-39-36-33-24-13-11-22-31(33)35(32-23-12-14-25-34(32)36)27-16-15-21-30(26-27)42(28-17-7-5-8-18-28)29-19-9-6-10-20-29/h5-26,40H,1-4H3/p+1. The Kier molecular flexibility index (Phi) is 7.77. The minimum atomic E-state index is -0.759. The van der Waals surface area contributed by atoms with Crippen molar-refractivity contribution in [2.24, 2.45) is 0 Å². The van der Waals surface area contributed by atoms with Crippen molar-refractivity contribution in [3.63, 3.8) is 0 Å². The first-order valence-corrected chi connectivity index (χ1v) is 15.8. The van der Waals surface area contributed by atoms with Gasteiger partial charge < -0.3 is 9.76 Å². The molecular weight excluding hydrogens is 530 g/mol. The SMILES string of the molecule is CC(C)([OH2+])C(C)(C)O[B]c1c2ccccc2c(-c2cccc(P(c3ccccc3)c3ccccc3)c2)c2ccccc12. The molecule has 0 aliphatic heterocycles. The zero-order chi connectivity index (χ0) is 29.3. The van der Waals surface area contributed by atoms with Gasteiger partial charge >= 0.3 is 7.48 Å². The normalized spacial score (nSPS) is 12.2. The topological polar surface area (TPSA) is 32.1 Å². The van der Waals surface area contributed by atoms with E-state index in [1.54, 1.807) is 0 Å². The van der Waals surface area contributed by atoms with Crippen molar-refractivity contribution in [2.75, 3.05) is 0 Å². The zero-order valence-electron chi connectivity index (χ0n) is 24.6. The summed E-state index contributed by atoms with van der Waals surface area (Å²) in [4.78, 5) is 0. The van der Waals surface area contributed by atoms with Crippen molar-refractivity contribution in [1.29, 1.82) is 0 Å². The highest BCUT2D eigenvalue weighted by atomic mass is 31.1. The maximum absolute atomic E-state index is 8.61. The van der Waals surface area contributed by atoms with Crippen LogP contribution < -0.4 is 21.4 Å². The van der Waals surface area contributed by atoms with Crippen molar-refractivity contribution < 1.29 is 9.76 Å². The Morgan fingerprint density at radius 2 is 1.00 bits per heavy atom. The lowest BCUT2D eigenvalue weighted by molar-refractivity contribution is -0.0892.